The third-order valence-corrected chi connectivity index (χ3v) is 4.08. The van der Waals surface area contributed by atoms with E-state index in [1.54, 1.807) is 6.92 Å². The first-order valence-corrected chi connectivity index (χ1v) is 8.80. The van der Waals surface area contributed by atoms with Crippen LogP contribution in [0.4, 0.5) is 11.4 Å². The summed E-state index contributed by atoms with van der Waals surface area (Å²) in [6.45, 7) is 5.06. The van der Waals surface area contributed by atoms with Crippen LogP contribution < -0.4 is 14.8 Å². The number of rotatable bonds is 8. The molecule has 0 saturated heterocycles. The van der Waals surface area contributed by atoms with Crippen molar-refractivity contribution in [2.45, 2.75) is 20.8 Å². The second-order valence-electron chi connectivity index (χ2n) is 6.10. The normalized spacial score (nSPS) is 10.2. The number of amides is 1. The molecule has 29 heavy (non-hydrogen) atoms. The topological polar surface area (TPSA) is 117 Å². The molecule has 0 unspecified atom stereocenters. The average molecular weight is 402 g/mol. The molecule has 2 rings (SSSR count). The van der Waals surface area contributed by atoms with Gasteiger partial charge in [-0.2, -0.15) is 0 Å². The lowest BCUT2D eigenvalue weighted by molar-refractivity contribution is -0.385. The number of carbonyl (C=O) groups excluding carboxylic acids is 2. The Labute approximate surface area is 167 Å². The van der Waals surface area contributed by atoms with Crippen LogP contribution in [0.5, 0.6) is 11.5 Å². The van der Waals surface area contributed by atoms with Crippen molar-refractivity contribution in [2.24, 2.45) is 0 Å². The highest BCUT2D eigenvalue weighted by atomic mass is 16.6. The van der Waals surface area contributed by atoms with Crippen LogP contribution in [0.25, 0.3) is 0 Å². The lowest BCUT2D eigenvalue weighted by Gasteiger charge is -2.13. The van der Waals surface area contributed by atoms with Gasteiger partial charge in [0.15, 0.2) is 18.1 Å². The molecular weight excluding hydrogens is 380 g/mol. The minimum Gasteiger partial charge on any atom is -0.493 e. The van der Waals surface area contributed by atoms with Crippen LogP contribution in [-0.2, 0) is 9.53 Å². The number of carbonyl (C=O) groups is 2. The van der Waals surface area contributed by atoms with Crippen molar-refractivity contribution in [3.05, 3.63) is 57.1 Å². The van der Waals surface area contributed by atoms with Gasteiger partial charge >= 0.3 is 5.97 Å². The van der Waals surface area contributed by atoms with E-state index < -0.39 is 29.1 Å². The summed E-state index contributed by atoms with van der Waals surface area (Å²) in [7, 11) is 1.33. The molecule has 0 radical (unpaired) electrons. The van der Waals surface area contributed by atoms with Gasteiger partial charge in [0, 0.05) is 11.8 Å². The standard InChI is InChI=1S/C20H22N2O7/c1-5-28-17-9-14(15(22(25)26)10-16(17)27-4)20(24)29-11-18(23)21-19-12(2)7-6-8-13(19)3/h6-10H,5,11H2,1-4H3,(H,21,23). The third kappa shape index (κ3) is 5.22. The zero-order valence-corrected chi connectivity index (χ0v) is 16.6. The summed E-state index contributed by atoms with van der Waals surface area (Å²) in [6, 6.07) is 7.79. The number of nitrogens with one attached hydrogen (secondary N) is 1. The molecule has 1 amide bonds. The highest BCUT2D eigenvalue weighted by Gasteiger charge is 2.26. The summed E-state index contributed by atoms with van der Waals surface area (Å²) >= 11 is 0. The minimum atomic E-state index is -1.02. The molecule has 0 aliphatic rings. The predicted molar refractivity (Wildman–Crippen MR) is 106 cm³/mol. The van der Waals surface area contributed by atoms with E-state index in [4.69, 9.17) is 14.2 Å². The van der Waals surface area contributed by atoms with Gasteiger partial charge in [0.2, 0.25) is 0 Å². The van der Waals surface area contributed by atoms with Gasteiger partial charge in [-0.05, 0) is 31.9 Å². The van der Waals surface area contributed by atoms with Crippen LogP contribution in [0.1, 0.15) is 28.4 Å². The first-order chi connectivity index (χ1) is 13.8. The molecule has 0 saturated carbocycles. The quantitative estimate of drug-likeness (QED) is 0.408. The van der Waals surface area contributed by atoms with Gasteiger partial charge in [-0.1, -0.05) is 18.2 Å². The van der Waals surface area contributed by atoms with Gasteiger partial charge in [0.25, 0.3) is 11.6 Å². The number of nitro groups is 1. The fourth-order valence-electron chi connectivity index (χ4n) is 2.69. The Morgan fingerprint density at radius 1 is 1.14 bits per heavy atom. The summed E-state index contributed by atoms with van der Waals surface area (Å²) in [5, 5.41) is 14.0. The summed E-state index contributed by atoms with van der Waals surface area (Å²) < 4.78 is 15.4. The zero-order chi connectivity index (χ0) is 21.6. The Kier molecular flexibility index (Phi) is 7.13. The first kappa shape index (κ1) is 21.7. The van der Waals surface area contributed by atoms with E-state index >= 15 is 0 Å². The molecule has 2 aromatic carbocycles. The van der Waals surface area contributed by atoms with Crippen LogP contribution in [-0.4, -0.2) is 37.1 Å². The Balaban J connectivity index is 2.18. The Hall–Kier alpha value is -3.62. The highest BCUT2D eigenvalue weighted by molar-refractivity contribution is 5.98. The van der Waals surface area contributed by atoms with E-state index in [0.717, 1.165) is 17.2 Å². The van der Waals surface area contributed by atoms with Crippen molar-refractivity contribution >= 4 is 23.3 Å². The molecule has 2 aromatic rings. The number of hydrogen-bond acceptors (Lipinski definition) is 7. The third-order valence-electron chi connectivity index (χ3n) is 4.08. The van der Waals surface area contributed by atoms with E-state index in [0.29, 0.717) is 5.69 Å². The number of anilines is 1. The van der Waals surface area contributed by atoms with Crippen molar-refractivity contribution in [3.8, 4) is 11.5 Å². The molecular formula is C20H22N2O7. The second-order valence-corrected chi connectivity index (χ2v) is 6.10. The maximum absolute atomic E-state index is 12.4. The van der Waals surface area contributed by atoms with Crippen molar-refractivity contribution in [1.29, 1.82) is 0 Å². The minimum absolute atomic E-state index is 0.114. The van der Waals surface area contributed by atoms with Gasteiger partial charge in [-0.25, -0.2) is 4.79 Å². The first-order valence-electron chi connectivity index (χ1n) is 8.80. The van der Waals surface area contributed by atoms with Crippen molar-refractivity contribution < 1.29 is 28.7 Å². The molecule has 9 nitrogen and oxygen atoms in total. The van der Waals surface area contributed by atoms with E-state index in [1.165, 1.54) is 13.2 Å². The Morgan fingerprint density at radius 2 is 1.79 bits per heavy atom. The van der Waals surface area contributed by atoms with E-state index in [9.17, 15) is 19.7 Å². The summed E-state index contributed by atoms with van der Waals surface area (Å²) in [5.74, 6) is -1.30. The molecule has 0 spiro atoms. The van der Waals surface area contributed by atoms with Crippen molar-refractivity contribution in [2.75, 3.05) is 25.6 Å². The molecule has 0 heterocycles. The maximum Gasteiger partial charge on any atom is 0.345 e. The van der Waals surface area contributed by atoms with E-state index in [1.807, 2.05) is 32.0 Å². The van der Waals surface area contributed by atoms with Gasteiger partial charge in [-0.3, -0.25) is 14.9 Å². The largest absolute Gasteiger partial charge is 0.493 e. The molecule has 0 aliphatic heterocycles. The number of esters is 1. The molecule has 0 bridgehead atoms. The predicted octanol–water partition coefficient (Wildman–Crippen LogP) is 3.41. The highest BCUT2D eigenvalue weighted by Crippen LogP contribution is 2.35. The smallest absolute Gasteiger partial charge is 0.345 e. The zero-order valence-electron chi connectivity index (χ0n) is 16.6. The summed E-state index contributed by atoms with van der Waals surface area (Å²) in [6.07, 6.45) is 0. The van der Waals surface area contributed by atoms with Crippen molar-refractivity contribution in [3.63, 3.8) is 0 Å². The fraction of sp³-hybridized carbons (Fsp3) is 0.300. The van der Waals surface area contributed by atoms with Crippen LogP contribution in [0.2, 0.25) is 0 Å². The Bertz CT molecular complexity index is 920. The lowest BCUT2D eigenvalue weighted by Crippen LogP contribution is -2.22. The number of para-hydroxylation sites is 1. The molecule has 1 N–H and O–H groups in total. The van der Waals surface area contributed by atoms with Crippen LogP contribution >= 0.6 is 0 Å². The van der Waals surface area contributed by atoms with Crippen LogP contribution in [0, 0.1) is 24.0 Å². The van der Waals surface area contributed by atoms with Gasteiger partial charge in [0.05, 0.1) is 24.7 Å². The number of nitro benzene ring substituents is 1. The number of methoxy groups -OCH3 is 1. The molecule has 0 atom stereocenters. The second kappa shape index (κ2) is 9.54. The number of benzene rings is 2. The molecule has 9 heteroatoms. The maximum atomic E-state index is 12.4. The monoisotopic (exact) mass is 402 g/mol. The number of hydrogen-bond donors (Lipinski definition) is 1. The van der Waals surface area contributed by atoms with Crippen molar-refractivity contribution in [1.82, 2.24) is 0 Å². The van der Waals surface area contributed by atoms with Gasteiger partial charge < -0.3 is 19.5 Å². The van der Waals surface area contributed by atoms with Crippen LogP contribution in [0.15, 0.2) is 30.3 Å². The SMILES string of the molecule is CCOc1cc(C(=O)OCC(=O)Nc2c(C)cccc2C)c([N+](=O)[O-])cc1OC. The molecule has 0 aromatic heterocycles. The van der Waals surface area contributed by atoms with Crippen LogP contribution in [0.3, 0.4) is 0 Å². The van der Waals surface area contributed by atoms with E-state index in [2.05, 4.69) is 5.32 Å². The Morgan fingerprint density at radius 3 is 2.34 bits per heavy atom. The lowest BCUT2D eigenvalue weighted by atomic mass is 10.1. The summed E-state index contributed by atoms with van der Waals surface area (Å²) in [5.41, 5.74) is 1.50. The average Bonchev–Trinajstić information content (AvgIpc) is 2.68. The number of nitrogens with zero attached hydrogens (tertiary/aromatic N) is 1. The number of aryl methyl sites for hydroxylation is 2. The number of ether oxygens (including phenoxy) is 3. The molecule has 0 aliphatic carbocycles. The van der Waals surface area contributed by atoms with Gasteiger partial charge in [-0.15, -0.1) is 0 Å². The fourth-order valence-corrected chi connectivity index (χ4v) is 2.69. The van der Waals surface area contributed by atoms with Gasteiger partial charge in [0.1, 0.15) is 5.56 Å². The molecule has 0 fully saturated rings. The summed E-state index contributed by atoms with van der Waals surface area (Å²) in [4.78, 5) is 35.2. The molecule has 154 valence electrons. The van der Waals surface area contributed by atoms with E-state index in [-0.39, 0.29) is 23.7 Å².